The fourth-order valence-corrected chi connectivity index (χ4v) is 4.86. The molecule has 2 unspecified atom stereocenters. The van der Waals surface area contributed by atoms with E-state index in [1.807, 2.05) is 42.5 Å². The van der Waals surface area contributed by atoms with Gasteiger partial charge in [0.05, 0.1) is 20.4 Å². The van der Waals surface area contributed by atoms with Crippen LogP contribution in [0.15, 0.2) is 42.5 Å². The van der Waals surface area contributed by atoms with Crippen molar-refractivity contribution >= 4 is 11.6 Å². The van der Waals surface area contributed by atoms with E-state index in [1.54, 1.807) is 14.2 Å². The SMILES string of the molecule is COc1cc(CCC2CC(NC(=O)c3ccc(N4C[C@@H](C)N[C@@H](C)C4)cc3)NN2)cc(OC)c1. The van der Waals surface area contributed by atoms with Gasteiger partial charge < -0.3 is 25.0 Å². The Bertz CT molecular complexity index is 935. The summed E-state index contributed by atoms with van der Waals surface area (Å²) in [5.74, 6) is 1.53. The van der Waals surface area contributed by atoms with Gasteiger partial charge >= 0.3 is 0 Å². The molecule has 2 aromatic carbocycles. The molecule has 0 aromatic heterocycles. The molecule has 34 heavy (non-hydrogen) atoms. The van der Waals surface area contributed by atoms with Crippen LogP contribution in [0.1, 0.15) is 42.6 Å². The number of carbonyl (C=O) groups is 1. The van der Waals surface area contributed by atoms with E-state index in [0.29, 0.717) is 17.6 Å². The number of methoxy groups -OCH3 is 2. The standard InChI is InChI=1S/C26H37N5O3/c1-17-15-31(16-18(2)27-17)22-9-6-20(7-10-22)26(32)28-25-13-21(29-30-25)8-5-19-11-23(33-3)14-24(12-19)34-4/h6-7,9-12,14,17-18,21,25,27,29-30H,5,8,13,15-16H2,1-4H3,(H,28,32)/t17-,18+,21?,25?. The van der Waals surface area contributed by atoms with Crippen molar-refractivity contribution in [3.63, 3.8) is 0 Å². The molecule has 184 valence electrons. The van der Waals surface area contributed by atoms with E-state index in [2.05, 4.69) is 40.2 Å². The van der Waals surface area contributed by atoms with Crippen LogP contribution in [0.5, 0.6) is 11.5 Å². The molecule has 0 radical (unpaired) electrons. The molecule has 2 aromatic rings. The van der Waals surface area contributed by atoms with Gasteiger partial charge in [0.15, 0.2) is 0 Å². The second-order valence-corrected chi connectivity index (χ2v) is 9.43. The number of nitrogens with zero attached hydrogens (tertiary/aromatic N) is 1. The maximum Gasteiger partial charge on any atom is 0.252 e. The van der Waals surface area contributed by atoms with Crippen molar-refractivity contribution in [1.29, 1.82) is 0 Å². The number of piperazine rings is 1. The van der Waals surface area contributed by atoms with Gasteiger partial charge in [0.25, 0.3) is 5.91 Å². The molecule has 8 heteroatoms. The Balaban J connectivity index is 1.26. The van der Waals surface area contributed by atoms with Crippen LogP contribution in [-0.4, -0.2) is 57.5 Å². The summed E-state index contributed by atoms with van der Waals surface area (Å²) >= 11 is 0. The first-order valence-corrected chi connectivity index (χ1v) is 12.1. The van der Waals surface area contributed by atoms with Gasteiger partial charge in [-0.15, -0.1) is 0 Å². The molecule has 2 saturated heterocycles. The van der Waals surface area contributed by atoms with Gasteiger partial charge in [-0.3, -0.25) is 10.2 Å². The van der Waals surface area contributed by atoms with Crippen molar-refractivity contribution in [1.82, 2.24) is 21.5 Å². The molecule has 4 rings (SSSR count). The Morgan fingerprint density at radius 1 is 1.00 bits per heavy atom. The Labute approximate surface area is 202 Å². The lowest BCUT2D eigenvalue weighted by Crippen LogP contribution is -2.54. The molecule has 0 bridgehead atoms. The van der Waals surface area contributed by atoms with E-state index in [0.717, 1.165) is 49.5 Å². The van der Waals surface area contributed by atoms with Crippen molar-refractivity contribution in [2.24, 2.45) is 0 Å². The van der Waals surface area contributed by atoms with Gasteiger partial charge in [0, 0.05) is 48.5 Å². The van der Waals surface area contributed by atoms with Crippen molar-refractivity contribution in [3.05, 3.63) is 53.6 Å². The number of aryl methyl sites for hydroxylation is 1. The summed E-state index contributed by atoms with van der Waals surface area (Å²) in [5.41, 5.74) is 9.53. The fraction of sp³-hybridized carbons (Fsp3) is 0.500. The summed E-state index contributed by atoms with van der Waals surface area (Å²) in [4.78, 5) is 15.2. The first kappa shape index (κ1) is 24.3. The first-order chi connectivity index (χ1) is 16.4. The largest absolute Gasteiger partial charge is 0.497 e. The summed E-state index contributed by atoms with van der Waals surface area (Å²) in [7, 11) is 3.32. The molecule has 0 saturated carbocycles. The summed E-state index contributed by atoms with van der Waals surface area (Å²) < 4.78 is 10.7. The monoisotopic (exact) mass is 467 g/mol. The number of hydrogen-bond acceptors (Lipinski definition) is 7. The Hall–Kier alpha value is -2.81. The number of rotatable bonds is 8. The van der Waals surface area contributed by atoms with Gasteiger partial charge in [-0.1, -0.05) is 0 Å². The average molecular weight is 468 g/mol. The first-order valence-electron chi connectivity index (χ1n) is 12.1. The predicted octanol–water partition coefficient (Wildman–Crippen LogP) is 2.45. The average Bonchev–Trinajstić information content (AvgIpc) is 3.29. The molecule has 8 nitrogen and oxygen atoms in total. The lowest BCUT2D eigenvalue weighted by molar-refractivity contribution is 0.0932. The normalized spacial score (nSPS) is 24.6. The number of hydrazine groups is 1. The molecule has 0 aliphatic carbocycles. The lowest BCUT2D eigenvalue weighted by atomic mass is 10.0. The zero-order valence-corrected chi connectivity index (χ0v) is 20.6. The molecule has 4 atom stereocenters. The maximum absolute atomic E-state index is 12.8. The van der Waals surface area contributed by atoms with Crippen LogP contribution >= 0.6 is 0 Å². The van der Waals surface area contributed by atoms with Gasteiger partial charge in [0.2, 0.25) is 0 Å². The number of ether oxygens (including phenoxy) is 2. The fourth-order valence-electron chi connectivity index (χ4n) is 4.86. The second-order valence-electron chi connectivity index (χ2n) is 9.43. The number of anilines is 1. The van der Waals surface area contributed by atoms with Gasteiger partial charge in [-0.25, -0.2) is 5.43 Å². The van der Waals surface area contributed by atoms with Crippen molar-refractivity contribution in [2.45, 2.75) is 57.4 Å². The van der Waals surface area contributed by atoms with Crippen LogP contribution in [0.3, 0.4) is 0 Å². The summed E-state index contributed by atoms with van der Waals surface area (Å²) in [6.45, 7) is 6.34. The topological polar surface area (TPSA) is 86.9 Å². The molecular weight excluding hydrogens is 430 g/mol. The van der Waals surface area contributed by atoms with Crippen molar-refractivity contribution < 1.29 is 14.3 Å². The van der Waals surface area contributed by atoms with Gasteiger partial charge in [-0.05, 0) is 75.1 Å². The third-order valence-corrected chi connectivity index (χ3v) is 6.53. The number of amides is 1. The minimum Gasteiger partial charge on any atom is -0.497 e. The van der Waals surface area contributed by atoms with E-state index >= 15 is 0 Å². The maximum atomic E-state index is 12.8. The van der Waals surface area contributed by atoms with E-state index in [4.69, 9.17) is 9.47 Å². The quantitative estimate of drug-likeness (QED) is 0.474. The zero-order chi connectivity index (χ0) is 24.1. The van der Waals surface area contributed by atoms with Crippen LogP contribution in [0, 0.1) is 0 Å². The summed E-state index contributed by atoms with van der Waals surface area (Å²) in [5, 5.41) is 6.65. The second kappa shape index (κ2) is 11.1. The summed E-state index contributed by atoms with van der Waals surface area (Å²) in [6.07, 6.45) is 2.54. The number of carbonyl (C=O) groups excluding carboxylic acids is 1. The van der Waals surface area contributed by atoms with E-state index in [1.165, 1.54) is 5.56 Å². The highest BCUT2D eigenvalue weighted by atomic mass is 16.5. The molecule has 0 spiro atoms. The molecule has 2 aliphatic rings. The number of benzene rings is 2. The third kappa shape index (κ3) is 6.20. The molecule has 4 N–H and O–H groups in total. The van der Waals surface area contributed by atoms with Crippen molar-refractivity contribution in [3.8, 4) is 11.5 Å². The Morgan fingerprint density at radius 3 is 2.26 bits per heavy atom. The van der Waals surface area contributed by atoms with Crippen LogP contribution in [0.25, 0.3) is 0 Å². The minimum atomic E-state index is -0.105. The zero-order valence-electron chi connectivity index (χ0n) is 20.6. The van der Waals surface area contributed by atoms with E-state index in [-0.39, 0.29) is 18.1 Å². The van der Waals surface area contributed by atoms with E-state index in [9.17, 15) is 4.79 Å². The summed E-state index contributed by atoms with van der Waals surface area (Å²) in [6, 6.07) is 15.0. The van der Waals surface area contributed by atoms with E-state index < -0.39 is 0 Å². The van der Waals surface area contributed by atoms with Gasteiger partial charge in [-0.2, -0.15) is 0 Å². The highest BCUT2D eigenvalue weighted by Crippen LogP contribution is 2.24. The smallest absolute Gasteiger partial charge is 0.252 e. The lowest BCUT2D eigenvalue weighted by Gasteiger charge is -2.37. The van der Waals surface area contributed by atoms with Crippen molar-refractivity contribution in [2.75, 3.05) is 32.2 Å². The predicted molar refractivity (Wildman–Crippen MR) is 135 cm³/mol. The Kier molecular flexibility index (Phi) is 7.92. The molecule has 2 fully saturated rings. The molecule has 2 heterocycles. The van der Waals surface area contributed by atoms with Crippen LogP contribution < -0.4 is 35.9 Å². The van der Waals surface area contributed by atoms with Crippen LogP contribution in [-0.2, 0) is 6.42 Å². The highest BCUT2D eigenvalue weighted by Gasteiger charge is 2.25. The number of nitrogens with one attached hydrogen (secondary N) is 4. The molecular formula is C26H37N5O3. The highest BCUT2D eigenvalue weighted by molar-refractivity contribution is 5.94. The third-order valence-electron chi connectivity index (χ3n) is 6.53. The Morgan fingerprint density at radius 2 is 1.65 bits per heavy atom. The van der Waals surface area contributed by atoms with Crippen LogP contribution in [0.4, 0.5) is 5.69 Å². The van der Waals surface area contributed by atoms with Crippen LogP contribution in [0.2, 0.25) is 0 Å². The molecule has 1 amide bonds. The minimum absolute atomic E-state index is 0.0638. The number of hydrogen-bond donors (Lipinski definition) is 4. The molecule has 2 aliphatic heterocycles. The van der Waals surface area contributed by atoms with Gasteiger partial charge in [0.1, 0.15) is 11.5 Å².